The Balaban J connectivity index is 1.63. The van der Waals surface area contributed by atoms with Crippen molar-refractivity contribution in [2.75, 3.05) is 43.1 Å². The van der Waals surface area contributed by atoms with E-state index in [-0.39, 0.29) is 17.8 Å². The average Bonchev–Trinajstić information content (AvgIpc) is 3.26. The van der Waals surface area contributed by atoms with Crippen molar-refractivity contribution >= 4 is 28.6 Å². The highest BCUT2D eigenvalue weighted by Crippen LogP contribution is 2.26. The van der Waals surface area contributed by atoms with Crippen LogP contribution in [0.5, 0.6) is 0 Å². The van der Waals surface area contributed by atoms with Crippen LogP contribution in [0.3, 0.4) is 0 Å². The number of carbonyl (C=O) groups is 1. The van der Waals surface area contributed by atoms with Gasteiger partial charge >= 0.3 is 0 Å². The number of anilines is 2. The molecule has 3 aromatic rings. The van der Waals surface area contributed by atoms with Crippen molar-refractivity contribution in [1.29, 1.82) is 5.26 Å². The van der Waals surface area contributed by atoms with Gasteiger partial charge in [0, 0.05) is 44.5 Å². The fraction of sp³-hybridized carbons (Fsp3) is 0.480. The lowest BCUT2D eigenvalue weighted by Crippen LogP contribution is -2.49. The smallest absolute Gasteiger partial charge is 0.269 e. The molecule has 184 valence electrons. The van der Waals surface area contributed by atoms with Gasteiger partial charge in [0.15, 0.2) is 17.0 Å². The van der Waals surface area contributed by atoms with Gasteiger partial charge in [-0.25, -0.2) is 4.98 Å². The second kappa shape index (κ2) is 10.7. The number of hydrogen-bond donors (Lipinski definition) is 1. The maximum Gasteiger partial charge on any atom is 0.269 e. The number of carbonyl (C=O) groups excluding carboxylic acids is 1. The number of nitriles is 1. The quantitative estimate of drug-likeness (QED) is 0.496. The largest absolute Gasteiger partial charge is 0.369 e. The van der Waals surface area contributed by atoms with Crippen molar-refractivity contribution in [2.45, 2.75) is 39.2 Å². The van der Waals surface area contributed by atoms with E-state index in [4.69, 9.17) is 0 Å². The van der Waals surface area contributed by atoms with E-state index in [1.165, 1.54) is 0 Å². The molecule has 0 saturated carbocycles. The molecule has 0 radical (unpaired) electrons. The maximum atomic E-state index is 13.4. The second-order valence-electron chi connectivity index (χ2n) is 9.01. The third kappa shape index (κ3) is 5.20. The molecular weight excluding hydrogens is 442 g/mol. The molecule has 10 nitrogen and oxygen atoms in total. The molecular formula is C25H33N9O. The molecule has 4 rings (SSSR count). The van der Waals surface area contributed by atoms with Gasteiger partial charge in [-0.15, -0.1) is 0 Å². The molecule has 2 aromatic heterocycles. The van der Waals surface area contributed by atoms with Gasteiger partial charge in [0.05, 0.1) is 12.4 Å². The SMILES string of the molecule is CCCC(CC)N(NC(=O)c1ccc(N2CCN(C)CC2)cc1)c1nc(C#N)nc2c1ncn2C. The monoisotopic (exact) mass is 475 g/mol. The minimum Gasteiger partial charge on any atom is -0.369 e. The van der Waals surface area contributed by atoms with Gasteiger partial charge in [-0.05, 0) is 44.2 Å². The zero-order valence-corrected chi connectivity index (χ0v) is 20.9. The molecule has 1 amide bonds. The molecule has 10 heteroatoms. The Labute approximate surface area is 206 Å². The predicted molar refractivity (Wildman–Crippen MR) is 136 cm³/mol. The molecule has 1 aliphatic heterocycles. The normalized spacial score (nSPS) is 15.1. The van der Waals surface area contributed by atoms with E-state index in [9.17, 15) is 10.1 Å². The van der Waals surface area contributed by atoms with Gasteiger partial charge < -0.3 is 14.4 Å². The van der Waals surface area contributed by atoms with Crippen LogP contribution in [0.2, 0.25) is 0 Å². The van der Waals surface area contributed by atoms with E-state index in [0.717, 1.165) is 51.1 Å². The van der Waals surface area contributed by atoms with E-state index in [1.54, 1.807) is 15.9 Å². The average molecular weight is 476 g/mol. The Hall–Kier alpha value is -3.71. The van der Waals surface area contributed by atoms with Crippen LogP contribution in [0.15, 0.2) is 30.6 Å². The summed E-state index contributed by atoms with van der Waals surface area (Å²) in [6, 6.07) is 9.75. The lowest BCUT2D eigenvalue weighted by atomic mass is 10.1. The Morgan fingerprint density at radius 3 is 2.49 bits per heavy atom. The molecule has 1 atom stereocenters. The van der Waals surface area contributed by atoms with Crippen LogP contribution in [-0.2, 0) is 7.05 Å². The fourth-order valence-corrected chi connectivity index (χ4v) is 4.44. The van der Waals surface area contributed by atoms with Crippen LogP contribution in [0, 0.1) is 11.3 Å². The first-order chi connectivity index (χ1) is 16.9. The van der Waals surface area contributed by atoms with E-state index in [0.29, 0.717) is 22.5 Å². The van der Waals surface area contributed by atoms with Crippen LogP contribution in [0.1, 0.15) is 49.3 Å². The lowest BCUT2D eigenvalue weighted by molar-refractivity contribution is 0.0943. The highest BCUT2D eigenvalue weighted by Gasteiger charge is 2.26. The number of nitrogens with zero attached hydrogens (tertiary/aromatic N) is 8. The fourth-order valence-electron chi connectivity index (χ4n) is 4.44. The highest BCUT2D eigenvalue weighted by molar-refractivity contribution is 5.96. The van der Waals surface area contributed by atoms with Crippen LogP contribution in [0.4, 0.5) is 11.5 Å². The van der Waals surface area contributed by atoms with Crippen molar-refractivity contribution in [3.63, 3.8) is 0 Å². The maximum absolute atomic E-state index is 13.4. The van der Waals surface area contributed by atoms with Crippen molar-refractivity contribution in [3.8, 4) is 6.07 Å². The van der Waals surface area contributed by atoms with E-state index >= 15 is 0 Å². The topological polar surface area (TPSA) is 106 Å². The first kappa shape index (κ1) is 24.4. The second-order valence-corrected chi connectivity index (χ2v) is 9.01. The number of aromatic nitrogens is 4. The number of aryl methyl sites for hydroxylation is 1. The molecule has 3 heterocycles. The van der Waals surface area contributed by atoms with Crippen molar-refractivity contribution < 1.29 is 4.79 Å². The molecule has 1 aromatic carbocycles. The van der Waals surface area contributed by atoms with Gasteiger partial charge in [-0.3, -0.25) is 15.2 Å². The van der Waals surface area contributed by atoms with Gasteiger partial charge in [-0.1, -0.05) is 20.3 Å². The lowest BCUT2D eigenvalue weighted by Gasteiger charge is -2.34. The third-order valence-corrected chi connectivity index (χ3v) is 6.55. The van der Waals surface area contributed by atoms with Crippen LogP contribution in [0.25, 0.3) is 11.2 Å². The van der Waals surface area contributed by atoms with Gasteiger partial charge in [0.25, 0.3) is 5.91 Å². The van der Waals surface area contributed by atoms with Crippen LogP contribution >= 0.6 is 0 Å². The number of hydrazine groups is 1. The first-order valence-electron chi connectivity index (χ1n) is 12.2. The number of hydrogen-bond acceptors (Lipinski definition) is 8. The number of piperazine rings is 1. The molecule has 1 unspecified atom stereocenters. The summed E-state index contributed by atoms with van der Waals surface area (Å²) < 4.78 is 1.75. The molecule has 1 saturated heterocycles. The van der Waals surface area contributed by atoms with Crippen LogP contribution < -0.4 is 15.3 Å². The summed E-state index contributed by atoms with van der Waals surface area (Å²) in [5.74, 6) is 0.249. The van der Waals surface area contributed by atoms with Crippen molar-refractivity contribution in [3.05, 3.63) is 42.0 Å². The van der Waals surface area contributed by atoms with Crippen molar-refractivity contribution in [1.82, 2.24) is 29.8 Å². The number of benzene rings is 1. The zero-order chi connectivity index (χ0) is 24.9. The summed E-state index contributed by atoms with van der Waals surface area (Å²) in [7, 11) is 3.95. The highest BCUT2D eigenvalue weighted by atomic mass is 16.2. The van der Waals surface area contributed by atoms with Crippen molar-refractivity contribution in [2.24, 2.45) is 7.05 Å². The molecule has 1 aliphatic rings. The molecule has 35 heavy (non-hydrogen) atoms. The summed E-state index contributed by atoms with van der Waals surface area (Å²) in [4.78, 5) is 31.3. The Morgan fingerprint density at radius 2 is 1.86 bits per heavy atom. The summed E-state index contributed by atoms with van der Waals surface area (Å²) in [5, 5.41) is 11.3. The van der Waals surface area contributed by atoms with E-state index in [2.05, 4.69) is 51.1 Å². The van der Waals surface area contributed by atoms with Gasteiger partial charge in [0.2, 0.25) is 5.82 Å². The number of likely N-dealkylation sites (N-methyl/N-ethyl adjacent to an activating group) is 1. The number of amides is 1. The van der Waals surface area contributed by atoms with Crippen LogP contribution in [-0.4, -0.2) is 69.6 Å². The molecule has 0 aliphatic carbocycles. The number of fused-ring (bicyclic) bond motifs is 1. The zero-order valence-electron chi connectivity index (χ0n) is 20.9. The summed E-state index contributed by atoms with van der Waals surface area (Å²) >= 11 is 0. The molecule has 1 N–H and O–H groups in total. The first-order valence-corrected chi connectivity index (χ1v) is 12.2. The van der Waals surface area contributed by atoms with E-state index < -0.39 is 0 Å². The minimum absolute atomic E-state index is 0.0137. The molecule has 0 bridgehead atoms. The summed E-state index contributed by atoms with van der Waals surface area (Å²) in [6.07, 6.45) is 4.21. The Bertz CT molecular complexity index is 1210. The number of nitrogens with one attached hydrogen (secondary N) is 1. The Kier molecular flexibility index (Phi) is 7.46. The standard InChI is InChI=1S/C25H33N9O/c1-5-7-19(6-2)34(24-22-23(32(4)17-27-22)28-21(16-26)29-24)30-25(35)18-8-10-20(11-9-18)33-14-12-31(3)13-15-33/h8-11,17,19H,5-7,12-15H2,1-4H3,(H,30,35). The summed E-state index contributed by atoms with van der Waals surface area (Å²) in [6.45, 7) is 8.18. The predicted octanol–water partition coefficient (Wildman–Crippen LogP) is 2.72. The van der Waals surface area contributed by atoms with Gasteiger partial charge in [-0.2, -0.15) is 15.2 Å². The molecule has 0 spiro atoms. The van der Waals surface area contributed by atoms with Gasteiger partial charge in [0.1, 0.15) is 6.07 Å². The third-order valence-electron chi connectivity index (χ3n) is 6.55. The minimum atomic E-state index is -0.231. The van der Waals surface area contributed by atoms with E-state index in [1.807, 2.05) is 37.4 Å². The molecule has 1 fully saturated rings. The summed E-state index contributed by atoms with van der Waals surface area (Å²) in [5.41, 5.74) is 5.85. The number of rotatable bonds is 8. The number of imidazole rings is 1. The Morgan fingerprint density at radius 1 is 1.14 bits per heavy atom.